The molecule has 3 N–H and O–H groups in total. The molecule has 2 heterocycles. The third-order valence-corrected chi connectivity index (χ3v) is 7.09. The molecule has 11 heteroatoms. The van der Waals surface area contributed by atoms with E-state index in [1.165, 1.54) is 6.92 Å². The van der Waals surface area contributed by atoms with Crippen LogP contribution < -0.4 is 15.5 Å². The molecule has 8 nitrogen and oxygen atoms in total. The van der Waals surface area contributed by atoms with Crippen LogP contribution in [-0.4, -0.2) is 47.0 Å². The average molecular weight is 569 g/mol. The van der Waals surface area contributed by atoms with Crippen molar-refractivity contribution >= 4 is 29.3 Å². The lowest BCUT2D eigenvalue weighted by atomic mass is 9.95. The van der Waals surface area contributed by atoms with Gasteiger partial charge in [-0.25, -0.2) is 9.78 Å². The summed E-state index contributed by atoms with van der Waals surface area (Å²) >= 11 is 0. The van der Waals surface area contributed by atoms with Gasteiger partial charge in [-0.3, -0.25) is 9.59 Å². The Balaban J connectivity index is 1.41. The Morgan fingerprint density at radius 3 is 2.49 bits per heavy atom. The fourth-order valence-corrected chi connectivity index (χ4v) is 4.99. The topological polar surface area (TPSA) is 112 Å². The number of carboxylic acid groups (broad SMARTS) is 1. The summed E-state index contributed by atoms with van der Waals surface area (Å²) in [6.45, 7) is 4.15. The van der Waals surface area contributed by atoms with Gasteiger partial charge in [0.25, 0.3) is 5.91 Å². The molecule has 216 valence electrons. The molecule has 0 aliphatic carbocycles. The molecule has 0 spiro atoms. The van der Waals surface area contributed by atoms with Gasteiger partial charge in [0, 0.05) is 49.3 Å². The Hall–Kier alpha value is -4.41. The maximum absolute atomic E-state index is 13.2. The van der Waals surface area contributed by atoms with E-state index in [4.69, 9.17) is 0 Å². The molecule has 41 heavy (non-hydrogen) atoms. The highest BCUT2D eigenvalue weighted by Gasteiger charge is 2.33. The average Bonchev–Trinajstić information content (AvgIpc) is 3.31. The second-order valence-electron chi connectivity index (χ2n) is 10.1. The molecule has 4 rings (SSSR count). The van der Waals surface area contributed by atoms with Gasteiger partial charge in [-0.05, 0) is 66.4 Å². The number of amides is 2. The molecule has 1 fully saturated rings. The molecule has 0 radical (unpaired) electrons. The fraction of sp³-hybridized carbons (Fsp3) is 0.333. The van der Waals surface area contributed by atoms with E-state index in [9.17, 15) is 32.7 Å². The number of rotatable bonds is 10. The number of nitrogens with zero attached hydrogens (tertiary/aromatic N) is 2. The lowest BCUT2D eigenvalue weighted by molar-refractivity contribution is -0.139. The number of benzene rings is 2. The van der Waals surface area contributed by atoms with Crippen molar-refractivity contribution < 1.29 is 32.7 Å². The van der Waals surface area contributed by atoms with Gasteiger partial charge in [-0.2, -0.15) is 13.2 Å². The van der Waals surface area contributed by atoms with Crippen molar-refractivity contribution in [2.45, 2.75) is 45.3 Å². The summed E-state index contributed by atoms with van der Waals surface area (Å²) in [6.07, 6.45) is -2.36. The van der Waals surface area contributed by atoms with Crippen LogP contribution in [0.15, 0.2) is 60.8 Å². The van der Waals surface area contributed by atoms with Gasteiger partial charge >= 0.3 is 12.1 Å². The van der Waals surface area contributed by atoms with E-state index in [2.05, 4.69) is 15.6 Å². The Kier molecular flexibility index (Phi) is 8.95. The van der Waals surface area contributed by atoms with Gasteiger partial charge in [0.1, 0.15) is 11.9 Å². The number of aryl methyl sites for hydroxylation is 2. The number of hydrogen-bond donors (Lipinski definition) is 3. The zero-order valence-corrected chi connectivity index (χ0v) is 22.7. The van der Waals surface area contributed by atoms with Crippen molar-refractivity contribution in [1.82, 2.24) is 10.3 Å². The van der Waals surface area contributed by atoms with E-state index in [1.54, 1.807) is 42.3 Å². The Labute approximate surface area is 235 Å². The summed E-state index contributed by atoms with van der Waals surface area (Å²) < 4.78 is 39.7. The first-order valence-corrected chi connectivity index (χ1v) is 13.2. The van der Waals surface area contributed by atoms with Crippen LogP contribution in [-0.2, 0) is 28.6 Å². The summed E-state index contributed by atoms with van der Waals surface area (Å²) in [6, 6.07) is 12.9. The van der Waals surface area contributed by atoms with E-state index < -0.39 is 29.7 Å². The quantitative estimate of drug-likeness (QED) is 0.322. The number of anilines is 2. The fourth-order valence-electron chi connectivity index (χ4n) is 4.99. The molecule has 1 saturated heterocycles. The van der Waals surface area contributed by atoms with Crippen LogP contribution >= 0.6 is 0 Å². The van der Waals surface area contributed by atoms with E-state index in [0.717, 1.165) is 18.0 Å². The van der Waals surface area contributed by atoms with Crippen LogP contribution in [0.1, 0.15) is 46.0 Å². The van der Waals surface area contributed by atoms with Crippen molar-refractivity contribution in [2.24, 2.45) is 5.92 Å². The normalized spacial score (nSPS) is 16.0. The predicted octanol–water partition coefficient (Wildman–Crippen LogP) is 4.86. The molecule has 0 saturated carbocycles. The lowest BCUT2D eigenvalue weighted by Crippen LogP contribution is -2.43. The molecule has 2 atom stereocenters. The number of carboxylic acids is 1. The van der Waals surface area contributed by atoms with Crippen molar-refractivity contribution in [1.29, 1.82) is 0 Å². The number of halogens is 3. The zero-order chi connectivity index (χ0) is 29.7. The third kappa shape index (κ3) is 7.22. The first-order valence-electron chi connectivity index (χ1n) is 13.2. The summed E-state index contributed by atoms with van der Waals surface area (Å²) in [5.41, 5.74) is 0.787. The maximum Gasteiger partial charge on any atom is 0.416 e. The number of nitrogens with one attached hydrogen (secondary N) is 2. The smallest absolute Gasteiger partial charge is 0.416 e. The van der Waals surface area contributed by atoms with Crippen LogP contribution in [0.25, 0.3) is 0 Å². The molecule has 2 unspecified atom stereocenters. The monoisotopic (exact) mass is 568 g/mol. The molecule has 2 amide bonds. The minimum Gasteiger partial charge on any atom is -0.480 e. The van der Waals surface area contributed by atoms with Gasteiger partial charge in [-0.1, -0.05) is 25.1 Å². The first-order chi connectivity index (χ1) is 19.5. The van der Waals surface area contributed by atoms with Crippen LogP contribution in [0.5, 0.6) is 0 Å². The van der Waals surface area contributed by atoms with Crippen LogP contribution in [0.2, 0.25) is 0 Å². The number of aliphatic carboxylic acids is 1. The number of carbonyl (C=O) groups excluding carboxylic acids is 2. The summed E-state index contributed by atoms with van der Waals surface area (Å²) in [4.78, 5) is 43.6. The third-order valence-electron chi connectivity index (χ3n) is 7.09. The van der Waals surface area contributed by atoms with Crippen LogP contribution in [0.3, 0.4) is 0 Å². The molecule has 0 bridgehead atoms. The van der Waals surface area contributed by atoms with Crippen LogP contribution in [0, 0.1) is 12.8 Å². The van der Waals surface area contributed by atoms with E-state index >= 15 is 0 Å². The number of hydrogen-bond acceptors (Lipinski definition) is 5. The summed E-state index contributed by atoms with van der Waals surface area (Å²) in [5.74, 6) is -1.20. The molecule has 1 aliphatic rings. The van der Waals surface area contributed by atoms with Crippen molar-refractivity contribution in [3.63, 3.8) is 0 Å². The van der Waals surface area contributed by atoms with Crippen molar-refractivity contribution in [3.8, 4) is 0 Å². The molecular formula is C30H31F3N4O4. The van der Waals surface area contributed by atoms with E-state index in [1.807, 2.05) is 18.2 Å². The summed E-state index contributed by atoms with van der Waals surface area (Å²) in [5, 5.41) is 15.5. The SMILES string of the molecule is CCc1cc(C(F)(F)F)cc(C)c1C(=O)NC(Cc1ccc(N2CC(CNc3ccccn3)CC2=O)cc1)C(=O)O. The predicted molar refractivity (Wildman–Crippen MR) is 148 cm³/mol. The molecular weight excluding hydrogens is 537 g/mol. The molecule has 1 aliphatic heterocycles. The Morgan fingerprint density at radius 1 is 1.15 bits per heavy atom. The number of aromatic nitrogens is 1. The number of pyridine rings is 1. The highest BCUT2D eigenvalue weighted by atomic mass is 19.4. The largest absolute Gasteiger partial charge is 0.480 e. The van der Waals surface area contributed by atoms with Gasteiger partial charge in [0.05, 0.1) is 5.56 Å². The van der Waals surface area contributed by atoms with Gasteiger partial charge in [-0.15, -0.1) is 0 Å². The maximum atomic E-state index is 13.2. The number of carbonyl (C=O) groups is 3. The Bertz CT molecular complexity index is 1410. The highest BCUT2D eigenvalue weighted by Crippen LogP contribution is 2.32. The highest BCUT2D eigenvalue weighted by molar-refractivity contribution is 5.99. The van der Waals surface area contributed by atoms with Crippen molar-refractivity contribution in [3.05, 3.63) is 88.6 Å². The van der Waals surface area contributed by atoms with Gasteiger partial charge in [0.2, 0.25) is 5.91 Å². The van der Waals surface area contributed by atoms with Crippen molar-refractivity contribution in [2.75, 3.05) is 23.3 Å². The standard InChI is InChI=1S/C30H31F3N4O4/c1-3-21-15-22(30(31,32)33)12-18(2)27(21)28(39)36-24(29(40)41)13-19-7-9-23(10-8-19)37-17-20(14-26(37)38)16-35-25-6-4-5-11-34-25/h4-12,15,20,24H,3,13-14,16-17H2,1-2H3,(H,34,35)(H,36,39)(H,40,41). The van der Waals surface area contributed by atoms with Crippen LogP contribution in [0.4, 0.5) is 24.7 Å². The second-order valence-corrected chi connectivity index (χ2v) is 10.1. The van der Waals surface area contributed by atoms with Gasteiger partial charge < -0.3 is 20.6 Å². The minimum absolute atomic E-state index is 0.0140. The van der Waals surface area contributed by atoms with E-state index in [0.29, 0.717) is 30.8 Å². The number of alkyl halides is 3. The molecule has 3 aromatic rings. The molecule has 2 aromatic carbocycles. The Morgan fingerprint density at radius 2 is 1.88 bits per heavy atom. The second kappa shape index (κ2) is 12.4. The van der Waals surface area contributed by atoms with Gasteiger partial charge in [0.15, 0.2) is 0 Å². The lowest BCUT2D eigenvalue weighted by Gasteiger charge is -2.20. The first kappa shape index (κ1) is 29.6. The summed E-state index contributed by atoms with van der Waals surface area (Å²) in [7, 11) is 0. The minimum atomic E-state index is -4.56. The zero-order valence-electron chi connectivity index (χ0n) is 22.7. The van der Waals surface area contributed by atoms with E-state index in [-0.39, 0.29) is 41.4 Å². The molecule has 1 aromatic heterocycles.